The summed E-state index contributed by atoms with van der Waals surface area (Å²) in [6.45, 7) is 2.65. The Balaban J connectivity index is 2.20. The third-order valence-corrected chi connectivity index (χ3v) is 3.65. The van der Waals surface area contributed by atoms with Crippen LogP contribution >= 0.6 is 15.9 Å². The molecule has 1 unspecified atom stereocenters. The third kappa shape index (κ3) is 2.84. The molecule has 0 aliphatic carbocycles. The molecule has 2 N–H and O–H groups in total. The highest BCUT2D eigenvalue weighted by Gasteiger charge is 2.32. The number of carbonyl (C=O) groups excluding carboxylic acids is 1. The normalized spacial score (nSPS) is 24.1. The molecule has 5 heteroatoms. The smallest absolute Gasteiger partial charge is 0.257 e. The zero-order valence-electron chi connectivity index (χ0n) is 10.2. The standard InChI is InChI=1S/C13H16BrNO3/c1-13(18)5-2-6-15(8-13)12(17)10-4-3-9(14)7-11(10)16/h3-4,7,16,18H,2,5-6,8H2,1H3. The number of β-amino-alcohol motifs (C(OH)–C–C–N with tert-alkyl or cyclic N) is 1. The molecule has 0 radical (unpaired) electrons. The number of hydrogen-bond acceptors (Lipinski definition) is 3. The van der Waals surface area contributed by atoms with Gasteiger partial charge in [0.05, 0.1) is 11.2 Å². The molecule has 1 heterocycles. The van der Waals surface area contributed by atoms with Gasteiger partial charge in [0, 0.05) is 17.6 Å². The third-order valence-electron chi connectivity index (χ3n) is 3.15. The number of carbonyl (C=O) groups is 1. The van der Waals surface area contributed by atoms with E-state index in [9.17, 15) is 15.0 Å². The quantitative estimate of drug-likeness (QED) is 0.835. The first-order valence-electron chi connectivity index (χ1n) is 5.89. The molecule has 18 heavy (non-hydrogen) atoms. The maximum atomic E-state index is 12.3. The van der Waals surface area contributed by atoms with Crippen molar-refractivity contribution in [3.8, 4) is 5.75 Å². The van der Waals surface area contributed by atoms with E-state index in [4.69, 9.17) is 0 Å². The number of likely N-dealkylation sites (tertiary alicyclic amines) is 1. The number of phenols is 1. The highest BCUT2D eigenvalue weighted by Crippen LogP contribution is 2.26. The van der Waals surface area contributed by atoms with E-state index in [0.717, 1.165) is 10.9 Å². The summed E-state index contributed by atoms with van der Waals surface area (Å²) in [5.74, 6) is -0.278. The summed E-state index contributed by atoms with van der Waals surface area (Å²) >= 11 is 3.23. The summed E-state index contributed by atoms with van der Waals surface area (Å²) in [4.78, 5) is 13.8. The highest BCUT2D eigenvalue weighted by atomic mass is 79.9. The van der Waals surface area contributed by atoms with Crippen LogP contribution in [-0.2, 0) is 0 Å². The molecule has 1 aromatic carbocycles. The topological polar surface area (TPSA) is 60.8 Å². The fraction of sp³-hybridized carbons (Fsp3) is 0.462. The van der Waals surface area contributed by atoms with E-state index in [1.165, 1.54) is 6.07 Å². The van der Waals surface area contributed by atoms with Crippen molar-refractivity contribution in [3.63, 3.8) is 0 Å². The van der Waals surface area contributed by atoms with Crippen molar-refractivity contribution in [3.05, 3.63) is 28.2 Å². The van der Waals surface area contributed by atoms with E-state index < -0.39 is 5.60 Å². The summed E-state index contributed by atoms with van der Waals surface area (Å²) < 4.78 is 0.724. The van der Waals surface area contributed by atoms with Crippen molar-refractivity contribution < 1.29 is 15.0 Å². The maximum absolute atomic E-state index is 12.3. The number of nitrogens with zero attached hydrogens (tertiary/aromatic N) is 1. The minimum Gasteiger partial charge on any atom is -0.507 e. The first-order chi connectivity index (χ1) is 8.39. The Bertz CT molecular complexity index is 473. The van der Waals surface area contributed by atoms with Crippen LogP contribution in [0.15, 0.2) is 22.7 Å². The molecule has 1 fully saturated rings. The molecular weight excluding hydrogens is 298 g/mol. The second-order valence-corrected chi connectivity index (χ2v) is 5.90. The Morgan fingerprint density at radius 2 is 2.22 bits per heavy atom. The second kappa shape index (κ2) is 4.90. The van der Waals surface area contributed by atoms with Crippen LogP contribution in [-0.4, -0.2) is 39.7 Å². The fourth-order valence-electron chi connectivity index (χ4n) is 2.25. The van der Waals surface area contributed by atoms with Gasteiger partial charge in [-0.1, -0.05) is 15.9 Å². The van der Waals surface area contributed by atoms with Crippen LogP contribution in [0.2, 0.25) is 0 Å². The SMILES string of the molecule is CC1(O)CCCN(C(=O)c2ccc(Br)cc2O)C1. The first-order valence-corrected chi connectivity index (χ1v) is 6.68. The van der Waals surface area contributed by atoms with Gasteiger partial charge in [0.25, 0.3) is 5.91 Å². The predicted octanol–water partition coefficient (Wildman–Crippen LogP) is 2.14. The Hall–Kier alpha value is -1.07. The number of aliphatic hydroxyl groups is 1. The van der Waals surface area contributed by atoms with Gasteiger partial charge in [-0.05, 0) is 38.0 Å². The van der Waals surface area contributed by atoms with Crippen LogP contribution < -0.4 is 0 Å². The molecule has 4 nitrogen and oxygen atoms in total. The summed E-state index contributed by atoms with van der Waals surface area (Å²) in [7, 11) is 0. The second-order valence-electron chi connectivity index (χ2n) is 4.99. The average Bonchev–Trinajstić information content (AvgIpc) is 2.27. The number of phenolic OH excluding ortho intramolecular Hbond substituents is 1. The number of piperidine rings is 1. The van der Waals surface area contributed by atoms with Crippen LogP contribution in [0.25, 0.3) is 0 Å². The van der Waals surface area contributed by atoms with E-state index in [1.54, 1.807) is 24.0 Å². The number of halogens is 1. The molecule has 1 atom stereocenters. The van der Waals surface area contributed by atoms with Gasteiger partial charge in [-0.25, -0.2) is 0 Å². The lowest BCUT2D eigenvalue weighted by Crippen LogP contribution is -2.48. The molecule has 2 rings (SSSR count). The van der Waals surface area contributed by atoms with Gasteiger partial charge >= 0.3 is 0 Å². The van der Waals surface area contributed by atoms with Crippen molar-refractivity contribution >= 4 is 21.8 Å². The fourth-order valence-corrected chi connectivity index (χ4v) is 2.60. The molecule has 0 bridgehead atoms. The zero-order valence-corrected chi connectivity index (χ0v) is 11.8. The largest absolute Gasteiger partial charge is 0.507 e. The van der Waals surface area contributed by atoms with Crippen LogP contribution in [0.3, 0.4) is 0 Å². The van der Waals surface area contributed by atoms with E-state index in [0.29, 0.717) is 19.5 Å². The lowest BCUT2D eigenvalue weighted by atomic mass is 9.94. The van der Waals surface area contributed by atoms with Gasteiger partial charge in [-0.3, -0.25) is 4.79 Å². The van der Waals surface area contributed by atoms with Crippen molar-refractivity contribution in [2.45, 2.75) is 25.4 Å². The number of aromatic hydroxyl groups is 1. The molecular formula is C13H16BrNO3. The molecule has 98 valence electrons. The summed E-state index contributed by atoms with van der Waals surface area (Å²) in [5.41, 5.74) is -0.560. The number of benzene rings is 1. The minimum absolute atomic E-state index is 0.0420. The molecule has 0 aromatic heterocycles. The molecule has 1 saturated heterocycles. The van der Waals surface area contributed by atoms with Crippen molar-refractivity contribution in [1.82, 2.24) is 4.90 Å². The Kier molecular flexibility index (Phi) is 3.64. The van der Waals surface area contributed by atoms with E-state index in [2.05, 4.69) is 15.9 Å². The van der Waals surface area contributed by atoms with Crippen molar-refractivity contribution in [1.29, 1.82) is 0 Å². The van der Waals surface area contributed by atoms with Crippen LogP contribution in [0.5, 0.6) is 5.75 Å². The number of hydrogen-bond donors (Lipinski definition) is 2. The zero-order chi connectivity index (χ0) is 13.3. The van der Waals surface area contributed by atoms with Gasteiger partial charge in [-0.2, -0.15) is 0 Å². The monoisotopic (exact) mass is 313 g/mol. The van der Waals surface area contributed by atoms with Gasteiger partial charge < -0.3 is 15.1 Å². The molecule has 1 amide bonds. The van der Waals surface area contributed by atoms with Crippen molar-refractivity contribution in [2.75, 3.05) is 13.1 Å². The molecule has 1 aliphatic rings. The summed E-state index contributed by atoms with van der Waals surface area (Å²) in [6.07, 6.45) is 1.47. The van der Waals surface area contributed by atoms with Crippen LogP contribution in [0.1, 0.15) is 30.1 Å². The Labute approximate surface area is 114 Å². The first kappa shape index (κ1) is 13.4. The van der Waals surface area contributed by atoms with Crippen molar-refractivity contribution in [2.24, 2.45) is 0 Å². The minimum atomic E-state index is -0.834. The lowest BCUT2D eigenvalue weighted by molar-refractivity contribution is -0.0108. The molecule has 1 aromatic rings. The molecule has 0 saturated carbocycles. The predicted molar refractivity (Wildman–Crippen MR) is 71.6 cm³/mol. The van der Waals surface area contributed by atoms with E-state index in [-0.39, 0.29) is 17.2 Å². The van der Waals surface area contributed by atoms with Gasteiger partial charge in [0.15, 0.2) is 0 Å². The number of amides is 1. The summed E-state index contributed by atoms with van der Waals surface area (Å²) in [6, 6.07) is 4.80. The van der Waals surface area contributed by atoms with Gasteiger partial charge in [-0.15, -0.1) is 0 Å². The number of rotatable bonds is 1. The Morgan fingerprint density at radius 1 is 1.50 bits per heavy atom. The van der Waals surface area contributed by atoms with E-state index >= 15 is 0 Å². The molecule has 0 spiro atoms. The maximum Gasteiger partial charge on any atom is 0.257 e. The highest BCUT2D eigenvalue weighted by molar-refractivity contribution is 9.10. The summed E-state index contributed by atoms with van der Waals surface area (Å²) in [5, 5.41) is 19.8. The molecule has 1 aliphatic heterocycles. The van der Waals surface area contributed by atoms with Gasteiger partial charge in [0.1, 0.15) is 5.75 Å². The average molecular weight is 314 g/mol. The van der Waals surface area contributed by atoms with Crippen LogP contribution in [0.4, 0.5) is 0 Å². The van der Waals surface area contributed by atoms with Gasteiger partial charge in [0.2, 0.25) is 0 Å². The van der Waals surface area contributed by atoms with Crippen LogP contribution in [0, 0.1) is 0 Å². The Morgan fingerprint density at radius 3 is 2.83 bits per heavy atom. The lowest BCUT2D eigenvalue weighted by Gasteiger charge is -2.36. The van der Waals surface area contributed by atoms with E-state index in [1.807, 2.05) is 0 Å².